The van der Waals surface area contributed by atoms with Gasteiger partial charge in [0.25, 0.3) is 11.7 Å². The third kappa shape index (κ3) is 6.93. The van der Waals surface area contributed by atoms with Crippen LogP contribution < -0.4 is 10.6 Å². The maximum Gasteiger partial charge on any atom is 0.367 e. The normalized spacial score (nSPS) is 25.0. The molecule has 2 amide bonds. The van der Waals surface area contributed by atoms with Crippen LogP contribution in [-0.2, 0) is 28.7 Å². The molecule has 1 saturated heterocycles. The summed E-state index contributed by atoms with van der Waals surface area (Å²) in [5, 5.41) is 15.0. The molecule has 0 aromatic carbocycles. The minimum atomic E-state index is -2.11. The Morgan fingerprint density at radius 3 is 2.50 bits per heavy atom. The van der Waals surface area contributed by atoms with Gasteiger partial charge in [0.15, 0.2) is 11.2 Å². The van der Waals surface area contributed by atoms with Gasteiger partial charge in [0, 0.05) is 44.5 Å². The Kier molecular flexibility index (Phi) is 8.04. The first-order chi connectivity index (χ1) is 12.0. The van der Waals surface area contributed by atoms with E-state index in [1.165, 1.54) is 6.92 Å². The predicted molar refractivity (Wildman–Crippen MR) is 94.0 cm³/mol. The number of ether oxygens (including phenoxy) is 2. The van der Waals surface area contributed by atoms with Crippen LogP contribution in [0.5, 0.6) is 0 Å². The Hall–Kier alpha value is -1.65. The molecule has 0 aromatic rings. The molecule has 0 aromatic heterocycles. The van der Waals surface area contributed by atoms with Gasteiger partial charge in [-0.2, -0.15) is 0 Å². The molecule has 1 heterocycles. The predicted octanol–water partition coefficient (Wildman–Crippen LogP) is -0.435. The van der Waals surface area contributed by atoms with Gasteiger partial charge in [-0.3, -0.25) is 14.4 Å². The van der Waals surface area contributed by atoms with Gasteiger partial charge >= 0.3 is 5.97 Å². The van der Waals surface area contributed by atoms with Crippen molar-refractivity contribution in [1.29, 1.82) is 0 Å². The second-order valence-electron chi connectivity index (χ2n) is 6.78. The third-order valence-electron chi connectivity index (χ3n) is 3.66. The number of aliphatic hydroxyl groups is 1. The van der Waals surface area contributed by atoms with Gasteiger partial charge in [0.1, 0.15) is 0 Å². The van der Waals surface area contributed by atoms with Gasteiger partial charge in [-0.15, -0.1) is 0 Å². The van der Waals surface area contributed by atoms with Crippen LogP contribution in [-0.4, -0.2) is 65.3 Å². The van der Waals surface area contributed by atoms with Crippen molar-refractivity contribution in [2.45, 2.75) is 46.0 Å². The smallest absolute Gasteiger partial charge is 0.367 e. The van der Waals surface area contributed by atoms with Crippen molar-refractivity contribution >= 4 is 34.7 Å². The van der Waals surface area contributed by atoms with Gasteiger partial charge in [-0.1, -0.05) is 25.6 Å². The van der Waals surface area contributed by atoms with E-state index < -0.39 is 29.2 Å². The number of rotatable bonds is 7. The molecule has 1 aliphatic rings. The number of carbonyl (C=O) groups excluding carboxylic acids is 4. The largest absolute Gasteiger partial charge is 0.448 e. The molecule has 3 N–H and O–H groups in total. The molecule has 1 fully saturated rings. The Bertz CT molecular complexity index is 563. The van der Waals surface area contributed by atoms with Gasteiger partial charge < -0.3 is 25.2 Å². The van der Waals surface area contributed by atoms with Gasteiger partial charge in [0.05, 0.1) is 6.61 Å². The topological polar surface area (TPSA) is 131 Å². The minimum Gasteiger partial charge on any atom is -0.448 e. The molecule has 10 heteroatoms. The highest BCUT2D eigenvalue weighted by atomic mass is 32.2. The average molecular weight is 390 g/mol. The fourth-order valence-corrected chi connectivity index (χ4v) is 2.60. The minimum absolute atomic E-state index is 0.0185. The number of hydrogen-bond acceptors (Lipinski definition) is 8. The number of carbonyl (C=O) groups is 4. The van der Waals surface area contributed by atoms with Crippen molar-refractivity contribution in [2.24, 2.45) is 5.41 Å². The summed E-state index contributed by atoms with van der Waals surface area (Å²) in [6, 6.07) is 0. The molecule has 9 nitrogen and oxygen atoms in total. The zero-order valence-electron chi connectivity index (χ0n) is 15.4. The van der Waals surface area contributed by atoms with E-state index in [0.29, 0.717) is 12.3 Å². The van der Waals surface area contributed by atoms with Gasteiger partial charge in [-0.05, 0) is 0 Å². The van der Waals surface area contributed by atoms with Crippen LogP contribution in [0.25, 0.3) is 0 Å². The van der Waals surface area contributed by atoms with Crippen molar-refractivity contribution in [3.63, 3.8) is 0 Å². The number of nitrogens with one attached hydrogen (secondary N) is 2. The van der Waals surface area contributed by atoms with Crippen molar-refractivity contribution < 1.29 is 33.8 Å². The van der Waals surface area contributed by atoms with Crippen molar-refractivity contribution in [3.8, 4) is 0 Å². The summed E-state index contributed by atoms with van der Waals surface area (Å²) in [6.07, 6.45) is -1.11. The van der Waals surface area contributed by atoms with Gasteiger partial charge in [0.2, 0.25) is 5.91 Å². The van der Waals surface area contributed by atoms with E-state index in [2.05, 4.69) is 10.6 Å². The lowest BCUT2D eigenvalue weighted by atomic mass is 9.87. The average Bonchev–Trinajstić information content (AvgIpc) is 2.61. The first-order valence-corrected chi connectivity index (χ1v) is 9.19. The van der Waals surface area contributed by atoms with Crippen LogP contribution in [0.15, 0.2) is 0 Å². The number of cyclic esters (lactones) is 1. The summed E-state index contributed by atoms with van der Waals surface area (Å²) >= 11 is 1.12. The highest BCUT2D eigenvalue weighted by Crippen LogP contribution is 2.30. The summed E-state index contributed by atoms with van der Waals surface area (Å²) < 4.78 is 10.2. The highest BCUT2D eigenvalue weighted by Gasteiger charge is 2.48. The Balaban J connectivity index is 2.45. The SMILES string of the molecule is CC(=O)SCCNC(=O)CCNC(=O)[C@@H]1OC(=O)C(C)(O)OCC1(C)C. The number of thioether (sulfide) groups is 1. The zero-order chi connectivity index (χ0) is 20.0. The lowest BCUT2D eigenvalue weighted by Gasteiger charge is -2.29. The van der Waals surface area contributed by atoms with Crippen LogP contribution in [0.2, 0.25) is 0 Å². The molecule has 148 valence electrons. The molecule has 0 aliphatic carbocycles. The van der Waals surface area contributed by atoms with Crippen molar-refractivity contribution in [2.75, 3.05) is 25.4 Å². The Morgan fingerprint density at radius 1 is 1.23 bits per heavy atom. The molecular weight excluding hydrogens is 364 g/mol. The molecule has 1 aliphatic heterocycles. The Labute approximate surface area is 156 Å². The fraction of sp³-hybridized carbons (Fsp3) is 0.750. The van der Waals surface area contributed by atoms with E-state index in [9.17, 15) is 24.3 Å². The zero-order valence-corrected chi connectivity index (χ0v) is 16.2. The van der Waals surface area contributed by atoms with Crippen LogP contribution in [0.1, 0.15) is 34.1 Å². The van der Waals surface area contributed by atoms with Gasteiger partial charge in [-0.25, -0.2) is 4.79 Å². The lowest BCUT2D eigenvalue weighted by molar-refractivity contribution is -0.214. The number of amides is 2. The van der Waals surface area contributed by atoms with Crippen LogP contribution in [0.3, 0.4) is 0 Å². The van der Waals surface area contributed by atoms with Crippen LogP contribution in [0.4, 0.5) is 0 Å². The van der Waals surface area contributed by atoms with E-state index in [0.717, 1.165) is 18.7 Å². The molecule has 1 rings (SSSR count). The molecule has 0 radical (unpaired) electrons. The summed E-state index contributed by atoms with van der Waals surface area (Å²) in [4.78, 5) is 46.6. The molecule has 1 unspecified atom stereocenters. The summed E-state index contributed by atoms with van der Waals surface area (Å²) in [5.74, 6) is -3.49. The molecular formula is C16H26N2O7S. The van der Waals surface area contributed by atoms with E-state index in [-0.39, 0.29) is 30.6 Å². The second kappa shape index (κ2) is 9.33. The fourth-order valence-electron chi connectivity index (χ4n) is 2.11. The highest BCUT2D eigenvalue weighted by molar-refractivity contribution is 8.13. The molecule has 2 atom stereocenters. The van der Waals surface area contributed by atoms with E-state index in [1.807, 2.05) is 0 Å². The maximum absolute atomic E-state index is 12.3. The monoisotopic (exact) mass is 390 g/mol. The number of esters is 1. The van der Waals surface area contributed by atoms with Crippen LogP contribution in [0, 0.1) is 5.41 Å². The molecule has 0 bridgehead atoms. The maximum atomic E-state index is 12.3. The second-order valence-corrected chi connectivity index (χ2v) is 8.05. The van der Waals surface area contributed by atoms with Crippen molar-refractivity contribution in [1.82, 2.24) is 10.6 Å². The van der Waals surface area contributed by atoms with Crippen LogP contribution >= 0.6 is 11.8 Å². The quantitative estimate of drug-likeness (QED) is 0.394. The first kappa shape index (κ1) is 22.4. The number of hydrogen-bond donors (Lipinski definition) is 3. The van der Waals surface area contributed by atoms with Crippen molar-refractivity contribution in [3.05, 3.63) is 0 Å². The summed E-state index contributed by atoms with van der Waals surface area (Å²) in [7, 11) is 0. The summed E-state index contributed by atoms with van der Waals surface area (Å²) in [5.41, 5.74) is -0.855. The van der Waals surface area contributed by atoms with E-state index in [1.54, 1.807) is 13.8 Å². The summed E-state index contributed by atoms with van der Waals surface area (Å²) in [6.45, 7) is 6.31. The molecule has 26 heavy (non-hydrogen) atoms. The molecule has 0 spiro atoms. The van der Waals surface area contributed by atoms with E-state index in [4.69, 9.17) is 9.47 Å². The lowest BCUT2D eigenvalue weighted by Crippen LogP contribution is -2.48. The Morgan fingerprint density at radius 2 is 1.88 bits per heavy atom. The third-order valence-corrected chi connectivity index (χ3v) is 4.47. The first-order valence-electron chi connectivity index (χ1n) is 8.21. The standard InChI is InChI=1S/C16H26N2O7S/c1-10(19)26-8-7-17-11(20)5-6-18-13(21)12-15(2,3)9-24-16(4,23)14(22)25-12/h12,23H,5-9H2,1-4H3,(H,17,20)(H,18,21)/t12-,16?/m0/s1. The molecule has 0 saturated carbocycles. The van der Waals surface area contributed by atoms with E-state index >= 15 is 0 Å².